The highest BCUT2D eigenvalue weighted by atomic mass is 19.1. The van der Waals surface area contributed by atoms with Crippen molar-refractivity contribution in [2.24, 2.45) is 7.05 Å². The third-order valence-electron chi connectivity index (χ3n) is 2.77. The summed E-state index contributed by atoms with van der Waals surface area (Å²) in [6.07, 6.45) is 1.45. The van der Waals surface area contributed by atoms with Crippen LogP contribution in [-0.4, -0.2) is 28.0 Å². The Morgan fingerprint density at radius 3 is 2.68 bits per heavy atom. The second kappa shape index (κ2) is 4.60. The molecule has 100 valence electrons. The van der Waals surface area contributed by atoms with Gasteiger partial charge in [0.2, 0.25) is 0 Å². The quantitative estimate of drug-likeness (QED) is 0.878. The Bertz CT molecular complexity index is 652. The highest BCUT2D eigenvalue weighted by Crippen LogP contribution is 2.32. The van der Waals surface area contributed by atoms with Crippen molar-refractivity contribution in [2.75, 3.05) is 12.8 Å². The number of nitrogen functional groups attached to an aromatic ring is 1. The van der Waals surface area contributed by atoms with Crippen molar-refractivity contribution in [3.05, 3.63) is 29.7 Å². The number of halogens is 1. The fourth-order valence-corrected chi connectivity index (χ4v) is 1.78. The summed E-state index contributed by atoms with van der Waals surface area (Å²) < 4.78 is 20.0. The van der Waals surface area contributed by atoms with Gasteiger partial charge in [0.05, 0.1) is 13.3 Å². The Kier molecular flexibility index (Phi) is 3.12. The smallest absolute Gasteiger partial charge is 0.339 e. The van der Waals surface area contributed by atoms with E-state index in [4.69, 9.17) is 15.6 Å². The number of aryl methyl sites for hydroxylation is 1. The van der Waals surface area contributed by atoms with Crippen molar-refractivity contribution < 1.29 is 19.0 Å². The monoisotopic (exact) mass is 265 g/mol. The van der Waals surface area contributed by atoms with E-state index in [2.05, 4.69) is 5.10 Å². The third kappa shape index (κ3) is 2.10. The normalized spacial score (nSPS) is 10.5. The third-order valence-corrected chi connectivity index (χ3v) is 2.77. The topological polar surface area (TPSA) is 90.4 Å². The second-order valence-corrected chi connectivity index (χ2v) is 3.91. The highest BCUT2D eigenvalue weighted by Gasteiger charge is 2.19. The molecule has 0 bridgehead atoms. The fraction of sp³-hybridized carbons (Fsp3) is 0.167. The predicted octanol–water partition coefficient (Wildman–Crippen LogP) is 1.52. The predicted molar refractivity (Wildman–Crippen MR) is 66.5 cm³/mol. The van der Waals surface area contributed by atoms with E-state index < -0.39 is 11.8 Å². The number of hydrogen-bond acceptors (Lipinski definition) is 4. The van der Waals surface area contributed by atoms with E-state index in [1.165, 1.54) is 30.1 Å². The zero-order chi connectivity index (χ0) is 14.2. The molecule has 0 spiro atoms. The van der Waals surface area contributed by atoms with Crippen LogP contribution in [0.3, 0.4) is 0 Å². The van der Waals surface area contributed by atoms with Gasteiger partial charge in [0.1, 0.15) is 11.4 Å². The van der Waals surface area contributed by atoms with E-state index in [0.717, 1.165) is 0 Å². The molecule has 1 aromatic carbocycles. The van der Waals surface area contributed by atoms with E-state index in [1.807, 2.05) is 0 Å². The maximum Gasteiger partial charge on any atom is 0.339 e. The highest BCUT2D eigenvalue weighted by molar-refractivity contribution is 5.93. The molecule has 6 nitrogen and oxygen atoms in total. The molecular weight excluding hydrogens is 253 g/mol. The molecule has 0 aliphatic rings. The van der Waals surface area contributed by atoms with Crippen molar-refractivity contribution in [1.29, 1.82) is 0 Å². The number of methoxy groups -OCH3 is 1. The van der Waals surface area contributed by atoms with Gasteiger partial charge in [-0.15, -0.1) is 0 Å². The van der Waals surface area contributed by atoms with E-state index in [9.17, 15) is 9.18 Å². The number of carbonyl (C=O) groups is 1. The Hall–Kier alpha value is -2.57. The summed E-state index contributed by atoms with van der Waals surface area (Å²) in [5, 5.41) is 13.0. The van der Waals surface area contributed by atoms with Crippen LogP contribution in [0.5, 0.6) is 5.75 Å². The number of hydrogen-bond donors (Lipinski definition) is 2. The maximum atomic E-state index is 13.8. The summed E-state index contributed by atoms with van der Waals surface area (Å²) >= 11 is 0. The molecule has 3 N–H and O–H groups in total. The Morgan fingerprint density at radius 1 is 1.53 bits per heavy atom. The Morgan fingerprint density at radius 2 is 2.21 bits per heavy atom. The number of benzene rings is 1. The number of rotatable bonds is 3. The Balaban J connectivity index is 2.67. The molecule has 0 aliphatic heterocycles. The van der Waals surface area contributed by atoms with Gasteiger partial charge in [-0.05, 0) is 17.7 Å². The number of carboxylic acid groups (broad SMARTS) is 1. The minimum atomic E-state index is -1.28. The van der Waals surface area contributed by atoms with Crippen molar-refractivity contribution in [3.8, 4) is 16.9 Å². The van der Waals surface area contributed by atoms with Crippen molar-refractivity contribution in [1.82, 2.24) is 9.78 Å². The van der Waals surface area contributed by atoms with Crippen molar-refractivity contribution >= 4 is 11.8 Å². The van der Waals surface area contributed by atoms with E-state index >= 15 is 0 Å². The number of carboxylic acids is 1. The molecule has 0 radical (unpaired) electrons. The number of ether oxygens (including phenoxy) is 1. The van der Waals surface area contributed by atoms with Crippen molar-refractivity contribution in [2.45, 2.75) is 0 Å². The number of aromatic carboxylic acids is 1. The molecule has 0 unspecified atom stereocenters. The first-order chi connectivity index (χ1) is 8.95. The number of anilines is 1. The fourth-order valence-electron chi connectivity index (χ4n) is 1.78. The van der Waals surface area contributed by atoms with E-state index in [0.29, 0.717) is 16.9 Å². The van der Waals surface area contributed by atoms with Crippen LogP contribution in [0.2, 0.25) is 0 Å². The lowest BCUT2D eigenvalue weighted by Crippen LogP contribution is -2.04. The number of nitrogens with two attached hydrogens (primary N) is 1. The molecule has 0 atom stereocenters. The standard InChI is InChI=1S/C12H12FN3O3/c1-16-11(14)8(5-15-16)6-3-7(12(17)18)10(19-2)9(13)4-6/h3-5H,14H2,1-2H3,(H,17,18). The molecular formula is C12H12FN3O3. The summed E-state index contributed by atoms with van der Waals surface area (Å²) in [5.41, 5.74) is 6.32. The van der Waals surface area contributed by atoms with Crippen LogP contribution in [0.1, 0.15) is 10.4 Å². The van der Waals surface area contributed by atoms with Gasteiger partial charge in [-0.25, -0.2) is 9.18 Å². The van der Waals surface area contributed by atoms with Gasteiger partial charge in [-0.1, -0.05) is 0 Å². The van der Waals surface area contributed by atoms with Crippen LogP contribution in [0.4, 0.5) is 10.2 Å². The van der Waals surface area contributed by atoms with Gasteiger partial charge in [0, 0.05) is 12.6 Å². The number of aromatic nitrogens is 2. The van der Waals surface area contributed by atoms with Gasteiger partial charge in [0.15, 0.2) is 11.6 Å². The van der Waals surface area contributed by atoms with Gasteiger partial charge >= 0.3 is 5.97 Å². The van der Waals surface area contributed by atoms with Crippen LogP contribution >= 0.6 is 0 Å². The van der Waals surface area contributed by atoms with Gasteiger partial charge in [-0.2, -0.15) is 5.10 Å². The first kappa shape index (κ1) is 12.9. The molecule has 7 heteroatoms. The number of nitrogens with zero attached hydrogens (tertiary/aromatic N) is 2. The lowest BCUT2D eigenvalue weighted by molar-refractivity contribution is 0.0692. The summed E-state index contributed by atoms with van der Waals surface area (Å²) in [6.45, 7) is 0. The zero-order valence-electron chi connectivity index (χ0n) is 10.3. The van der Waals surface area contributed by atoms with Crippen molar-refractivity contribution in [3.63, 3.8) is 0 Å². The van der Waals surface area contributed by atoms with Gasteiger partial charge in [-0.3, -0.25) is 4.68 Å². The molecule has 1 aromatic heterocycles. The first-order valence-corrected chi connectivity index (χ1v) is 5.34. The lowest BCUT2D eigenvalue weighted by atomic mass is 10.0. The van der Waals surface area contributed by atoms with Crippen LogP contribution in [0, 0.1) is 5.82 Å². The molecule has 0 saturated heterocycles. The molecule has 0 aliphatic carbocycles. The average Bonchev–Trinajstić information content (AvgIpc) is 2.69. The van der Waals surface area contributed by atoms with Crippen LogP contribution in [0.25, 0.3) is 11.1 Å². The van der Waals surface area contributed by atoms with E-state index in [1.54, 1.807) is 7.05 Å². The summed E-state index contributed by atoms with van der Waals surface area (Å²) in [7, 11) is 2.85. The molecule has 0 saturated carbocycles. The lowest BCUT2D eigenvalue weighted by Gasteiger charge is -2.09. The largest absolute Gasteiger partial charge is 0.493 e. The van der Waals surface area contributed by atoms with Gasteiger partial charge in [0.25, 0.3) is 0 Å². The van der Waals surface area contributed by atoms with E-state index in [-0.39, 0.29) is 11.3 Å². The molecule has 0 amide bonds. The zero-order valence-corrected chi connectivity index (χ0v) is 10.3. The minimum Gasteiger partial charge on any atom is -0.493 e. The average molecular weight is 265 g/mol. The molecule has 0 fully saturated rings. The van der Waals surface area contributed by atoms with Crippen LogP contribution in [-0.2, 0) is 7.05 Å². The second-order valence-electron chi connectivity index (χ2n) is 3.91. The molecule has 1 heterocycles. The molecule has 2 rings (SSSR count). The minimum absolute atomic E-state index is 0.263. The first-order valence-electron chi connectivity index (χ1n) is 5.34. The van der Waals surface area contributed by atoms with Gasteiger partial charge < -0.3 is 15.6 Å². The molecule has 19 heavy (non-hydrogen) atoms. The summed E-state index contributed by atoms with van der Waals surface area (Å²) in [5.74, 6) is -2.03. The SMILES string of the molecule is COc1c(F)cc(-c2cnn(C)c2N)cc1C(=O)O. The molecule has 2 aromatic rings. The van der Waals surface area contributed by atoms with Crippen LogP contribution < -0.4 is 10.5 Å². The van der Waals surface area contributed by atoms with Crippen LogP contribution in [0.15, 0.2) is 18.3 Å². The summed E-state index contributed by atoms with van der Waals surface area (Å²) in [4.78, 5) is 11.1. The summed E-state index contributed by atoms with van der Waals surface area (Å²) in [6, 6.07) is 2.47. The maximum absolute atomic E-state index is 13.8. The Labute approximate surface area is 108 Å².